The lowest BCUT2D eigenvalue weighted by Gasteiger charge is -2.12. The van der Waals surface area contributed by atoms with Crippen molar-refractivity contribution in [2.45, 2.75) is 6.92 Å². The van der Waals surface area contributed by atoms with Crippen LogP contribution >= 0.6 is 0 Å². The summed E-state index contributed by atoms with van der Waals surface area (Å²) in [7, 11) is 0. The fourth-order valence-electron chi connectivity index (χ4n) is 2.20. The third-order valence-electron chi connectivity index (χ3n) is 3.20. The highest BCUT2D eigenvalue weighted by Gasteiger charge is 2.13. The molecular weight excluding hydrogens is 264 g/mol. The molecule has 0 bridgehead atoms. The number of phenols is 2. The first kappa shape index (κ1) is 14.6. The minimum Gasteiger partial charge on any atom is -0.508 e. The second-order valence-corrected chi connectivity index (χ2v) is 4.67. The van der Waals surface area contributed by atoms with Gasteiger partial charge in [0.1, 0.15) is 11.5 Å². The highest BCUT2D eigenvalue weighted by molar-refractivity contribution is 6.10. The first-order chi connectivity index (χ1) is 10.0. The summed E-state index contributed by atoms with van der Waals surface area (Å²) < 4.78 is 0. The van der Waals surface area contributed by atoms with Crippen LogP contribution in [0.1, 0.15) is 18.1 Å². The van der Waals surface area contributed by atoms with Crippen molar-refractivity contribution >= 4 is 11.4 Å². The second kappa shape index (κ2) is 6.09. The number of hydrogen-bond donors (Lipinski definition) is 2. The van der Waals surface area contributed by atoms with Crippen LogP contribution in [0.3, 0.4) is 0 Å². The van der Waals surface area contributed by atoms with E-state index in [-0.39, 0.29) is 17.3 Å². The Morgan fingerprint density at radius 1 is 1.00 bits per heavy atom. The molecule has 2 N–H and O–H groups in total. The number of allylic oxidation sites excluding steroid dienone is 2. The van der Waals surface area contributed by atoms with Gasteiger partial charge in [-0.2, -0.15) is 0 Å². The number of benzene rings is 2. The molecule has 3 nitrogen and oxygen atoms in total. The molecule has 2 aromatic rings. The average Bonchev–Trinajstić information content (AvgIpc) is 2.46. The van der Waals surface area contributed by atoms with Crippen molar-refractivity contribution in [2.75, 3.05) is 0 Å². The molecule has 106 valence electrons. The zero-order valence-electron chi connectivity index (χ0n) is 11.7. The van der Waals surface area contributed by atoms with Crippen molar-refractivity contribution in [1.82, 2.24) is 0 Å². The Hall–Kier alpha value is -2.81. The Kier molecular flexibility index (Phi) is 4.24. The van der Waals surface area contributed by atoms with Gasteiger partial charge in [0.25, 0.3) is 0 Å². The number of phenolic OH excluding ortho intramolecular Hbond substituents is 2. The lowest BCUT2D eigenvalue weighted by atomic mass is 9.91. The maximum Gasteiger partial charge on any atom is 0.181 e. The van der Waals surface area contributed by atoms with E-state index in [2.05, 4.69) is 6.58 Å². The normalized spacial score (nSPS) is 9.95. The maximum atomic E-state index is 12.0. The predicted octanol–water partition coefficient (Wildman–Crippen LogP) is 3.67. The Morgan fingerprint density at radius 2 is 1.48 bits per heavy atom. The van der Waals surface area contributed by atoms with E-state index in [9.17, 15) is 15.0 Å². The van der Waals surface area contributed by atoms with Crippen molar-refractivity contribution < 1.29 is 15.0 Å². The third-order valence-corrected chi connectivity index (χ3v) is 3.20. The number of carbonyl (C=O) groups is 1. The summed E-state index contributed by atoms with van der Waals surface area (Å²) in [5.74, 6) is 0.0321. The molecule has 0 saturated carbocycles. The largest absolute Gasteiger partial charge is 0.508 e. The molecular formula is C18H16O3. The highest BCUT2D eigenvalue weighted by Crippen LogP contribution is 2.31. The first-order valence-corrected chi connectivity index (χ1v) is 6.49. The van der Waals surface area contributed by atoms with Crippen LogP contribution in [-0.4, -0.2) is 16.0 Å². The van der Waals surface area contributed by atoms with Crippen molar-refractivity contribution in [3.63, 3.8) is 0 Å². The van der Waals surface area contributed by atoms with Gasteiger partial charge in [-0.05, 0) is 54.0 Å². The minimum absolute atomic E-state index is 0.115. The summed E-state index contributed by atoms with van der Waals surface area (Å²) >= 11 is 0. The Labute approximate surface area is 123 Å². The van der Waals surface area contributed by atoms with Gasteiger partial charge in [-0.1, -0.05) is 30.8 Å². The Balaban J connectivity index is 2.71. The van der Waals surface area contributed by atoms with Crippen LogP contribution in [0.5, 0.6) is 11.5 Å². The number of rotatable bonds is 4. The molecule has 3 heteroatoms. The summed E-state index contributed by atoms with van der Waals surface area (Å²) in [4.78, 5) is 12.0. The lowest BCUT2D eigenvalue weighted by Crippen LogP contribution is -2.00. The summed E-state index contributed by atoms with van der Waals surface area (Å²) in [5, 5.41) is 19.3. The fraction of sp³-hybridized carbons (Fsp3) is 0.0556. The van der Waals surface area contributed by atoms with Gasteiger partial charge in [0.2, 0.25) is 0 Å². The molecule has 0 fully saturated rings. The van der Waals surface area contributed by atoms with Gasteiger partial charge in [-0.3, -0.25) is 4.79 Å². The van der Waals surface area contributed by atoms with Gasteiger partial charge in [-0.15, -0.1) is 0 Å². The highest BCUT2D eigenvalue weighted by atomic mass is 16.3. The molecule has 0 heterocycles. The van der Waals surface area contributed by atoms with E-state index in [1.165, 1.54) is 6.08 Å². The Bertz CT molecular complexity index is 679. The molecule has 0 aliphatic rings. The van der Waals surface area contributed by atoms with Crippen molar-refractivity contribution in [3.05, 3.63) is 77.9 Å². The van der Waals surface area contributed by atoms with Gasteiger partial charge < -0.3 is 10.2 Å². The molecule has 2 aromatic carbocycles. The Morgan fingerprint density at radius 3 is 1.86 bits per heavy atom. The second-order valence-electron chi connectivity index (χ2n) is 4.67. The zero-order valence-corrected chi connectivity index (χ0v) is 11.7. The summed E-state index contributed by atoms with van der Waals surface area (Å²) in [6.45, 7) is 5.21. The maximum absolute atomic E-state index is 12.0. The monoisotopic (exact) mass is 280 g/mol. The summed E-state index contributed by atoms with van der Waals surface area (Å²) in [5.41, 5.74) is 2.56. The molecule has 0 saturated heterocycles. The number of ketones is 1. The quantitative estimate of drug-likeness (QED) is 0.840. The van der Waals surface area contributed by atoms with E-state index in [4.69, 9.17) is 0 Å². The molecule has 0 spiro atoms. The van der Waals surface area contributed by atoms with Crippen LogP contribution in [0.4, 0.5) is 0 Å². The smallest absolute Gasteiger partial charge is 0.181 e. The van der Waals surface area contributed by atoms with Gasteiger partial charge >= 0.3 is 0 Å². The van der Waals surface area contributed by atoms with Gasteiger partial charge in [0.15, 0.2) is 5.78 Å². The van der Waals surface area contributed by atoms with Crippen molar-refractivity contribution in [2.24, 2.45) is 0 Å². The van der Waals surface area contributed by atoms with Gasteiger partial charge in [0.05, 0.1) is 0 Å². The molecule has 21 heavy (non-hydrogen) atoms. The molecule has 0 atom stereocenters. The van der Waals surface area contributed by atoms with E-state index in [0.29, 0.717) is 22.3 Å². The van der Waals surface area contributed by atoms with Crippen LogP contribution in [0.15, 0.2) is 66.8 Å². The molecule has 0 aliphatic heterocycles. The molecule has 2 rings (SSSR count). The zero-order chi connectivity index (χ0) is 15.4. The van der Waals surface area contributed by atoms with E-state index < -0.39 is 0 Å². The minimum atomic E-state index is -0.198. The number of aromatic hydroxyl groups is 2. The van der Waals surface area contributed by atoms with Crippen LogP contribution in [0, 0.1) is 0 Å². The molecule has 0 aliphatic carbocycles. The molecule has 0 aromatic heterocycles. The van der Waals surface area contributed by atoms with Crippen LogP contribution in [0.2, 0.25) is 0 Å². The third kappa shape index (κ3) is 3.20. The number of hydrogen-bond acceptors (Lipinski definition) is 3. The standard InChI is InChI=1S/C18H16O3/c1-3-17(21)12(2)18(13-6-4-8-15(19)10-13)14-7-5-9-16(20)11-14/h3-11,19-20H,1H2,2H3. The van der Waals surface area contributed by atoms with E-state index >= 15 is 0 Å². The van der Waals surface area contributed by atoms with Crippen molar-refractivity contribution in [1.29, 1.82) is 0 Å². The lowest BCUT2D eigenvalue weighted by molar-refractivity contribution is -0.111. The van der Waals surface area contributed by atoms with E-state index in [1.807, 2.05) is 0 Å². The topological polar surface area (TPSA) is 57.5 Å². The van der Waals surface area contributed by atoms with E-state index in [1.54, 1.807) is 55.5 Å². The van der Waals surface area contributed by atoms with Gasteiger partial charge in [-0.25, -0.2) is 0 Å². The average molecular weight is 280 g/mol. The fourth-order valence-corrected chi connectivity index (χ4v) is 2.20. The van der Waals surface area contributed by atoms with Crippen molar-refractivity contribution in [3.8, 4) is 11.5 Å². The van der Waals surface area contributed by atoms with Gasteiger partial charge in [0, 0.05) is 5.57 Å². The van der Waals surface area contributed by atoms with Crippen LogP contribution in [-0.2, 0) is 4.79 Å². The van der Waals surface area contributed by atoms with Crippen LogP contribution < -0.4 is 0 Å². The SMILES string of the molecule is C=CC(=O)C(C)=C(c1cccc(O)c1)c1cccc(O)c1. The van der Waals surface area contributed by atoms with Crippen LogP contribution in [0.25, 0.3) is 5.57 Å². The molecule has 0 radical (unpaired) electrons. The molecule has 0 amide bonds. The summed E-state index contributed by atoms with van der Waals surface area (Å²) in [6.07, 6.45) is 1.25. The predicted molar refractivity (Wildman–Crippen MR) is 83.1 cm³/mol. The van der Waals surface area contributed by atoms with E-state index in [0.717, 1.165) is 0 Å². The summed E-state index contributed by atoms with van der Waals surface area (Å²) in [6, 6.07) is 13.3. The number of carbonyl (C=O) groups excluding carboxylic acids is 1. The molecule has 0 unspecified atom stereocenters. The first-order valence-electron chi connectivity index (χ1n) is 6.49.